The number of ketones is 1. The van der Waals surface area contributed by atoms with Crippen molar-refractivity contribution in [3.63, 3.8) is 0 Å². The summed E-state index contributed by atoms with van der Waals surface area (Å²) in [4.78, 5) is 13.4. The third-order valence-corrected chi connectivity index (χ3v) is 5.97. The predicted molar refractivity (Wildman–Crippen MR) is 104 cm³/mol. The molecule has 1 aliphatic rings. The van der Waals surface area contributed by atoms with Crippen molar-refractivity contribution in [3.05, 3.63) is 59.7 Å². The fourth-order valence-electron chi connectivity index (χ4n) is 3.02. The number of carbonyl (C=O) groups excluding carboxylic acids is 1. The summed E-state index contributed by atoms with van der Waals surface area (Å²) in [5.74, 6) is 1.00. The molecule has 3 rings (SSSR count). The molecular weight excluding hydrogens is 364 g/mol. The fourth-order valence-corrected chi connectivity index (χ4v) is 3.65. The van der Waals surface area contributed by atoms with Crippen molar-refractivity contribution in [3.8, 4) is 5.75 Å². The van der Waals surface area contributed by atoms with E-state index in [0.29, 0.717) is 34.6 Å². The van der Waals surface area contributed by atoms with Gasteiger partial charge in [-0.25, -0.2) is 8.42 Å². The summed E-state index contributed by atoms with van der Waals surface area (Å²) in [7, 11) is -1.73. The molecule has 1 aliphatic heterocycles. The summed E-state index contributed by atoms with van der Waals surface area (Å²) in [5, 5.41) is 0. The number of hydrogen-bond acceptors (Lipinski definition) is 5. The normalized spacial score (nSPS) is 19.9. The van der Waals surface area contributed by atoms with Gasteiger partial charge >= 0.3 is 0 Å². The van der Waals surface area contributed by atoms with Crippen molar-refractivity contribution in [1.82, 2.24) is 0 Å². The van der Waals surface area contributed by atoms with Crippen LogP contribution in [0.2, 0.25) is 0 Å². The standard InChI is InChI=1S/C21H22O5S/c1-5-21(2)20(22)18(15-7-6-8-16(13-15)25-3)19(26-21)14-9-11-17(12-10-14)27(4,23)24/h6-13H,5H2,1-4H3. The van der Waals surface area contributed by atoms with Crippen LogP contribution in [0.4, 0.5) is 0 Å². The van der Waals surface area contributed by atoms with E-state index in [0.717, 1.165) is 6.26 Å². The monoisotopic (exact) mass is 386 g/mol. The lowest BCUT2D eigenvalue weighted by molar-refractivity contribution is -0.126. The number of sulfone groups is 1. The Balaban J connectivity index is 2.17. The zero-order valence-corrected chi connectivity index (χ0v) is 16.6. The van der Waals surface area contributed by atoms with E-state index in [9.17, 15) is 13.2 Å². The van der Waals surface area contributed by atoms with Gasteiger partial charge in [-0.05, 0) is 55.3 Å². The first kappa shape index (κ1) is 19.2. The van der Waals surface area contributed by atoms with Crippen LogP contribution in [0.15, 0.2) is 53.4 Å². The quantitative estimate of drug-likeness (QED) is 0.783. The van der Waals surface area contributed by atoms with Crippen molar-refractivity contribution in [1.29, 1.82) is 0 Å². The van der Waals surface area contributed by atoms with Crippen LogP contribution >= 0.6 is 0 Å². The zero-order chi connectivity index (χ0) is 19.8. The largest absolute Gasteiger partial charge is 0.497 e. The maximum absolute atomic E-state index is 13.1. The van der Waals surface area contributed by atoms with Crippen LogP contribution in [0.1, 0.15) is 31.4 Å². The highest BCUT2D eigenvalue weighted by molar-refractivity contribution is 7.90. The molecular formula is C21H22O5S. The summed E-state index contributed by atoms with van der Waals surface area (Å²) < 4.78 is 34.8. The highest BCUT2D eigenvalue weighted by atomic mass is 32.2. The van der Waals surface area contributed by atoms with Crippen LogP contribution < -0.4 is 4.74 Å². The van der Waals surface area contributed by atoms with Gasteiger partial charge in [-0.3, -0.25) is 4.79 Å². The molecule has 2 aromatic carbocycles. The molecule has 6 heteroatoms. The van der Waals surface area contributed by atoms with Gasteiger partial charge in [0.15, 0.2) is 15.4 Å². The Hall–Kier alpha value is -2.60. The molecule has 27 heavy (non-hydrogen) atoms. The first-order valence-electron chi connectivity index (χ1n) is 8.62. The molecule has 0 aliphatic carbocycles. The van der Waals surface area contributed by atoms with Crippen molar-refractivity contribution >= 4 is 27.0 Å². The predicted octanol–water partition coefficient (Wildman–Crippen LogP) is 3.74. The van der Waals surface area contributed by atoms with Gasteiger partial charge in [0.05, 0.1) is 17.6 Å². The van der Waals surface area contributed by atoms with E-state index in [1.54, 1.807) is 32.2 Å². The van der Waals surface area contributed by atoms with E-state index in [1.807, 2.05) is 25.1 Å². The highest BCUT2D eigenvalue weighted by Crippen LogP contribution is 2.43. The minimum atomic E-state index is -3.30. The van der Waals surface area contributed by atoms with Crippen molar-refractivity contribution in [2.24, 2.45) is 0 Å². The second-order valence-electron chi connectivity index (χ2n) is 6.75. The number of ether oxygens (including phenoxy) is 2. The summed E-state index contributed by atoms with van der Waals surface area (Å²) in [6, 6.07) is 13.6. The molecule has 0 amide bonds. The minimum Gasteiger partial charge on any atom is -0.497 e. The van der Waals surface area contributed by atoms with Crippen LogP contribution in [0, 0.1) is 0 Å². The lowest BCUT2D eigenvalue weighted by Crippen LogP contribution is -2.32. The topological polar surface area (TPSA) is 69.7 Å². The molecule has 1 atom stereocenters. The lowest BCUT2D eigenvalue weighted by Gasteiger charge is -2.21. The molecule has 5 nitrogen and oxygen atoms in total. The third kappa shape index (κ3) is 3.49. The Bertz CT molecular complexity index is 1020. The summed E-state index contributed by atoms with van der Waals surface area (Å²) in [5.41, 5.74) is 0.887. The molecule has 142 valence electrons. The molecule has 0 aromatic heterocycles. The number of benzene rings is 2. The summed E-state index contributed by atoms with van der Waals surface area (Å²) >= 11 is 0. The Kier molecular flexibility index (Phi) is 4.86. The summed E-state index contributed by atoms with van der Waals surface area (Å²) in [6.45, 7) is 3.67. The van der Waals surface area contributed by atoms with Crippen LogP contribution in [-0.4, -0.2) is 33.2 Å². The van der Waals surface area contributed by atoms with Gasteiger partial charge in [0, 0.05) is 11.8 Å². The van der Waals surface area contributed by atoms with E-state index in [1.165, 1.54) is 12.1 Å². The summed E-state index contributed by atoms with van der Waals surface area (Å²) in [6.07, 6.45) is 1.68. The smallest absolute Gasteiger partial charge is 0.210 e. The van der Waals surface area contributed by atoms with Crippen molar-refractivity contribution < 1.29 is 22.7 Å². The van der Waals surface area contributed by atoms with Gasteiger partial charge < -0.3 is 9.47 Å². The van der Waals surface area contributed by atoms with Gasteiger partial charge in [-0.2, -0.15) is 0 Å². The Morgan fingerprint density at radius 1 is 1.07 bits per heavy atom. The van der Waals surface area contributed by atoms with Crippen molar-refractivity contribution in [2.75, 3.05) is 13.4 Å². The number of methoxy groups -OCH3 is 1. The Labute approximate surface area is 159 Å². The van der Waals surface area contributed by atoms with Gasteiger partial charge in [0.25, 0.3) is 0 Å². The first-order valence-corrected chi connectivity index (χ1v) is 10.5. The second kappa shape index (κ2) is 6.85. The molecule has 0 fully saturated rings. The molecule has 0 bridgehead atoms. The maximum atomic E-state index is 13.1. The molecule has 1 unspecified atom stereocenters. The van der Waals surface area contributed by atoms with Crippen LogP contribution in [0.5, 0.6) is 5.75 Å². The molecule has 2 aromatic rings. The first-order chi connectivity index (χ1) is 12.7. The second-order valence-corrected chi connectivity index (χ2v) is 8.76. The number of carbonyl (C=O) groups is 1. The number of hydrogen-bond donors (Lipinski definition) is 0. The minimum absolute atomic E-state index is 0.0968. The number of Topliss-reactive ketones (excluding diaryl/α,β-unsaturated/α-hetero) is 1. The van der Waals surface area contributed by atoms with Crippen LogP contribution in [0.3, 0.4) is 0 Å². The number of rotatable bonds is 5. The van der Waals surface area contributed by atoms with E-state index in [2.05, 4.69) is 0 Å². The van der Waals surface area contributed by atoms with Crippen LogP contribution in [0.25, 0.3) is 11.3 Å². The van der Waals surface area contributed by atoms with Gasteiger partial charge in [0.2, 0.25) is 5.78 Å². The fraction of sp³-hybridized carbons (Fsp3) is 0.286. The highest BCUT2D eigenvalue weighted by Gasteiger charge is 2.45. The molecule has 0 saturated carbocycles. The van der Waals surface area contributed by atoms with E-state index in [-0.39, 0.29) is 10.7 Å². The molecule has 0 spiro atoms. The average molecular weight is 386 g/mol. The van der Waals surface area contributed by atoms with Crippen LogP contribution in [-0.2, 0) is 19.4 Å². The molecule has 0 N–H and O–H groups in total. The average Bonchev–Trinajstić information content (AvgIpc) is 2.93. The third-order valence-electron chi connectivity index (χ3n) is 4.84. The van der Waals surface area contributed by atoms with Gasteiger partial charge in [0.1, 0.15) is 11.5 Å². The SMILES string of the molecule is CCC1(C)OC(c2ccc(S(C)(=O)=O)cc2)=C(c2cccc(OC)c2)C1=O. The molecule has 0 saturated heterocycles. The van der Waals surface area contributed by atoms with Crippen molar-refractivity contribution in [2.45, 2.75) is 30.8 Å². The van der Waals surface area contributed by atoms with E-state index < -0.39 is 15.4 Å². The lowest BCUT2D eigenvalue weighted by atomic mass is 9.90. The van der Waals surface area contributed by atoms with E-state index in [4.69, 9.17) is 9.47 Å². The van der Waals surface area contributed by atoms with Gasteiger partial charge in [-0.1, -0.05) is 19.1 Å². The van der Waals surface area contributed by atoms with Gasteiger partial charge in [-0.15, -0.1) is 0 Å². The maximum Gasteiger partial charge on any atom is 0.210 e. The molecule has 1 heterocycles. The Morgan fingerprint density at radius 2 is 1.74 bits per heavy atom. The molecule has 0 radical (unpaired) electrons. The zero-order valence-electron chi connectivity index (χ0n) is 15.8. The van der Waals surface area contributed by atoms with E-state index >= 15 is 0 Å². The Morgan fingerprint density at radius 3 is 2.30 bits per heavy atom.